The van der Waals surface area contributed by atoms with Crippen LogP contribution in [0.15, 0.2) is 96.1 Å². The Kier molecular flexibility index (Phi) is 11.4. The van der Waals surface area contributed by atoms with Gasteiger partial charge < -0.3 is 0 Å². The van der Waals surface area contributed by atoms with Crippen LogP contribution < -0.4 is 0 Å². The zero-order chi connectivity index (χ0) is 47.2. The van der Waals surface area contributed by atoms with Gasteiger partial charge in [-0.05, 0) is 0 Å². The molecule has 8 fully saturated rings. The molecule has 0 aliphatic heterocycles. The van der Waals surface area contributed by atoms with Gasteiger partial charge in [-0.1, -0.05) is 0 Å². The van der Waals surface area contributed by atoms with E-state index in [1.165, 1.54) is 152 Å². The molecule has 0 N–H and O–H groups in total. The van der Waals surface area contributed by atoms with Gasteiger partial charge in [-0.2, -0.15) is 0 Å². The number of benzene rings is 4. The van der Waals surface area contributed by atoms with Gasteiger partial charge in [0.2, 0.25) is 0 Å². The first-order valence-corrected chi connectivity index (χ1v) is 43.7. The van der Waals surface area contributed by atoms with E-state index in [0.29, 0.717) is 10.8 Å². The van der Waals surface area contributed by atoms with Gasteiger partial charge in [0, 0.05) is 0 Å². The molecule has 4 aromatic rings. The molecule has 68 heavy (non-hydrogen) atoms. The van der Waals surface area contributed by atoms with Crippen LogP contribution >= 0.6 is 17.0 Å². The second-order valence-electron chi connectivity index (χ2n) is 27.7. The Hall–Kier alpha value is -1.96. The van der Waals surface area contributed by atoms with Gasteiger partial charge in [0.15, 0.2) is 0 Å². The predicted molar refractivity (Wildman–Crippen MR) is 293 cm³/mol. The molecule has 0 saturated heterocycles. The minimum absolute atomic E-state index is 0.111. The fraction of sp³-hybridized carbons (Fsp3) is 0.562. The van der Waals surface area contributed by atoms with Gasteiger partial charge >= 0.3 is 424 Å². The summed E-state index contributed by atoms with van der Waals surface area (Å²) in [5.74, 6) is 3.68. The average Bonchev–Trinajstić information content (AvgIpc) is 3.83. The topological polar surface area (TPSA) is 0 Å². The number of fused-ring (bicyclic) bond motifs is 2. The molecule has 0 amide bonds. The quantitative estimate of drug-likeness (QED) is 0.131. The average molecular weight is 1040 g/mol. The van der Waals surface area contributed by atoms with Crippen LogP contribution in [0.3, 0.4) is 0 Å². The van der Waals surface area contributed by atoms with E-state index >= 15 is 0 Å². The summed E-state index contributed by atoms with van der Waals surface area (Å²) in [7, 11) is 19.3. The Morgan fingerprint density at radius 2 is 0.853 bits per heavy atom. The first-order valence-electron chi connectivity index (χ1n) is 27.8. The molecule has 0 aromatic heterocycles. The molecular weight excluding hydrogens is 959 g/mol. The van der Waals surface area contributed by atoms with Crippen molar-refractivity contribution in [3.05, 3.63) is 129 Å². The molecule has 359 valence electrons. The molecule has 8 saturated carbocycles. The van der Waals surface area contributed by atoms with Crippen molar-refractivity contribution in [2.24, 2.45) is 46.3 Å². The molecule has 10 aliphatic carbocycles. The van der Waals surface area contributed by atoms with E-state index in [4.69, 9.17) is 0 Å². The van der Waals surface area contributed by atoms with E-state index in [0.717, 1.165) is 41.9 Å². The molecule has 10 aliphatic rings. The molecule has 3 unspecified atom stereocenters. The molecular formula is C64H81Cl2SiZr. The van der Waals surface area contributed by atoms with E-state index in [-0.39, 0.29) is 18.1 Å². The van der Waals surface area contributed by atoms with Gasteiger partial charge in [0.25, 0.3) is 0 Å². The first-order chi connectivity index (χ1) is 32.3. The van der Waals surface area contributed by atoms with Gasteiger partial charge in [0.1, 0.15) is 0 Å². The summed E-state index contributed by atoms with van der Waals surface area (Å²) in [6.45, 7) is 19.1. The van der Waals surface area contributed by atoms with Crippen LogP contribution in [0.4, 0.5) is 0 Å². The van der Waals surface area contributed by atoms with Crippen LogP contribution in [0, 0.1) is 46.3 Å². The molecule has 14 rings (SSSR count). The Morgan fingerprint density at radius 3 is 1.16 bits per heavy atom. The van der Waals surface area contributed by atoms with Crippen LogP contribution in [-0.2, 0) is 26.4 Å². The van der Waals surface area contributed by atoms with Crippen molar-refractivity contribution in [3.63, 3.8) is 0 Å². The fourth-order valence-corrected chi connectivity index (χ4v) is 59.8. The summed E-state index contributed by atoms with van der Waals surface area (Å²) in [5, 5.41) is 0. The molecule has 3 atom stereocenters. The molecule has 0 nitrogen and oxygen atoms in total. The van der Waals surface area contributed by atoms with Crippen molar-refractivity contribution in [3.8, 4) is 22.3 Å². The number of hydrogen-bond donors (Lipinski definition) is 0. The SMILES string of the molecule is CCC[SiH](C)[Zr]([Cl])([Cl])([CH]1C(CC23CC4CC(CC(C4)C2)C3)=Cc2c(-c3ccc(C(C)(C)C)cc3)cccc21)[CH]1C(CC23CC4CC(CC(C4)C2)C3)=Cc2c(-c3ccc(C(C)(C)C)cc3)cccc21. The number of rotatable bonds is 11. The Labute approximate surface area is 420 Å². The summed E-state index contributed by atoms with van der Waals surface area (Å²) in [6.07, 6.45) is 26.4. The Bertz CT molecular complexity index is 2440. The first kappa shape index (κ1) is 47.1. The van der Waals surface area contributed by atoms with Crippen molar-refractivity contribution >= 4 is 35.1 Å². The summed E-state index contributed by atoms with van der Waals surface area (Å²) < 4.78 is 0.269. The predicted octanol–water partition coefficient (Wildman–Crippen LogP) is 19.2. The van der Waals surface area contributed by atoms with E-state index in [1.807, 2.05) is 0 Å². The zero-order valence-electron chi connectivity index (χ0n) is 43.0. The van der Waals surface area contributed by atoms with Crippen molar-refractivity contribution in [1.29, 1.82) is 0 Å². The summed E-state index contributed by atoms with van der Waals surface area (Å²) in [5.41, 5.74) is 18.4. The van der Waals surface area contributed by atoms with Gasteiger partial charge in [0.05, 0.1) is 0 Å². The van der Waals surface area contributed by atoms with Crippen molar-refractivity contribution in [1.82, 2.24) is 0 Å². The van der Waals surface area contributed by atoms with Crippen LogP contribution in [0.25, 0.3) is 34.4 Å². The van der Waals surface area contributed by atoms with E-state index < -0.39 is 21.5 Å². The molecule has 0 spiro atoms. The molecule has 4 aromatic carbocycles. The van der Waals surface area contributed by atoms with E-state index in [1.54, 1.807) is 11.1 Å². The van der Waals surface area contributed by atoms with Crippen LogP contribution in [-0.4, -0.2) is 5.92 Å². The number of halogens is 2. The van der Waals surface area contributed by atoms with E-state index in [2.05, 4.69) is 152 Å². The maximum absolute atomic E-state index is 9.65. The standard InChI is InChI=1S/2C30H35.C4H11Si.2ClH.Zr/c2*1-29(2,3)26-9-7-24(8-10-26)27-6-4-5-25-14-23(15-28(25)27)19-30-16-20-11-21(17-30)13-22(12-20)18-30;1-3-4-5-2;;;/h2*4-10,14-15,20-22H,11-13,16-19H2,1-3H3;5H,3-4H2,1-2H3;2*1H;/q;;;;;+2/p-2. The number of allylic oxidation sites excluding steroid dienone is 2. The van der Waals surface area contributed by atoms with Crippen molar-refractivity contribution in [2.45, 2.75) is 175 Å². The van der Waals surface area contributed by atoms with E-state index in [9.17, 15) is 17.0 Å². The Morgan fingerprint density at radius 1 is 0.515 bits per heavy atom. The van der Waals surface area contributed by atoms with Crippen LogP contribution in [0.2, 0.25) is 12.6 Å². The van der Waals surface area contributed by atoms with Gasteiger partial charge in [-0.3, -0.25) is 0 Å². The number of hydrogen-bond acceptors (Lipinski definition) is 0. The monoisotopic (exact) mass is 1040 g/mol. The summed E-state index contributed by atoms with van der Waals surface area (Å²) in [4.78, 5) is 0. The third-order valence-electron chi connectivity index (χ3n) is 20.7. The van der Waals surface area contributed by atoms with Crippen LogP contribution in [0.5, 0.6) is 0 Å². The second kappa shape index (κ2) is 16.5. The normalized spacial score (nSPS) is 33.2. The third kappa shape index (κ3) is 7.76. The summed E-state index contributed by atoms with van der Waals surface area (Å²) >= 11 is -5.25. The molecule has 4 heteroatoms. The van der Waals surface area contributed by atoms with Gasteiger partial charge in [-0.25, -0.2) is 0 Å². The minimum atomic E-state index is -5.25. The Balaban J connectivity index is 1.06. The summed E-state index contributed by atoms with van der Waals surface area (Å²) in [6, 6.07) is 35.1. The fourth-order valence-electron chi connectivity index (χ4n) is 18.7. The molecule has 8 bridgehead atoms. The van der Waals surface area contributed by atoms with Crippen molar-refractivity contribution in [2.75, 3.05) is 0 Å². The molecule has 0 heterocycles. The van der Waals surface area contributed by atoms with Crippen molar-refractivity contribution < 1.29 is 15.6 Å². The van der Waals surface area contributed by atoms with Gasteiger partial charge in [-0.15, -0.1) is 0 Å². The zero-order valence-corrected chi connectivity index (χ0v) is 48.1. The van der Waals surface area contributed by atoms with Crippen LogP contribution in [0.1, 0.15) is 185 Å². The maximum atomic E-state index is 9.65. The second-order valence-corrected chi connectivity index (χ2v) is 69.0. The molecule has 0 radical (unpaired) electrons. The third-order valence-corrected chi connectivity index (χ3v) is 71.1.